The number of aryl methyl sites for hydroxylation is 1. The summed E-state index contributed by atoms with van der Waals surface area (Å²) in [4.78, 5) is 19.6. The smallest absolute Gasteiger partial charge is 0.322 e. The van der Waals surface area contributed by atoms with Crippen LogP contribution in [0.3, 0.4) is 0 Å². The molecule has 0 spiro atoms. The third-order valence-electron chi connectivity index (χ3n) is 5.78. The van der Waals surface area contributed by atoms with Crippen LogP contribution in [-0.4, -0.2) is 50.2 Å². The van der Waals surface area contributed by atoms with Gasteiger partial charge in [0.05, 0.1) is 11.4 Å². The van der Waals surface area contributed by atoms with Crippen molar-refractivity contribution in [3.05, 3.63) is 54.1 Å². The summed E-state index contributed by atoms with van der Waals surface area (Å²) in [6.45, 7) is 7.48. The van der Waals surface area contributed by atoms with E-state index in [1.165, 1.54) is 30.5 Å². The van der Waals surface area contributed by atoms with Gasteiger partial charge in [0, 0.05) is 45.0 Å². The predicted octanol–water partition coefficient (Wildman–Crippen LogP) is 4.34. The first-order valence-corrected chi connectivity index (χ1v) is 10.4. The molecular formula is C23H30N4O. The summed E-state index contributed by atoms with van der Waals surface area (Å²) in [5.41, 5.74) is 4.59. The van der Waals surface area contributed by atoms with Crippen LogP contribution in [0.5, 0.6) is 0 Å². The molecule has 2 fully saturated rings. The second-order valence-corrected chi connectivity index (χ2v) is 7.81. The number of para-hydroxylation sites is 2. The molecule has 1 N–H and O–H groups in total. The molecule has 0 aliphatic carbocycles. The lowest BCUT2D eigenvalue weighted by atomic mass is 10.1. The van der Waals surface area contributed by atoms with Crippen LogP contribution in [0.4, 0.5) is 21.9 Å². The molecule has 2 aromatic carbocycles. The Labute approximate surface area is 167 Å². The van der Waals surface area contributed by atoms with Gasteiger partial charge in [0.2, 0.25) is 0 Å². The van der Waals surface area contributed by atoms with Gasteiger partial charge in [0.15, 0.2) is 0 Å². The molecule has 0 atom stereocenters. The van der Waals surface area contributed by atoms with Crippen molar-refractivity contribution in [3.63, 3.8) is 0 Å². The molecule has 5 nitrogen and oxygen atoms in total. The molecule has 2 amide bonds. The second-order valence-electron chi connectivity index (χ2n) is 7.81. The maximum atomic E-state index is 12.9. The number of benzene rings is 2. The standard InChI is InChI=1S/C23H30N4O/c1-19-8-7-9-20(18-19)25-14-16-27(17-15-25)23(28)24-21-10-3-4-11-22(21)26-12-5-2-6-13-26/h3-4,7-11,18H,2,5-6,12-17H2,1H3,(H,24,28). The molecule has 2 aromatic rings. The van der Waals surface area contributed by atoms with E-state index in [4.69, 9.17) is 0 Å². The third-order valence-corrected chi connectivity index (χ3v) is 5.78. The molecule has 0 unspecified atom stereocenters. The molecule has 148 valence electrons. The SMILES string of the molecule is Cc1cccc(N2CCN(C(=O)Nc3ccccc3N3CCCCC3)CC2)c1. The molecular weight excluding hydrogens is 348 g/mol. The van der Waals surface area contributed by atoms with Crippen LogP contribution in [0.25, 0.3) is 0 Å². The van der Waals surface area contributed by atoms with E-state index in [0.717, 1.165) is 50.6 Å². The van der Waals surface area contributed by atoms with Crippen LogP contribution in [0.1, 0.15) is 24.8 Å². The van der Waals surface area contributed by atoms with Crippen LogP contribution in [0.2, 0.25) is 0 Å². The second kappa shape index (κ2) is 8.55. The molecule has 2 saturated heterocycles. The normalized spacial score (nSPS) is 17.5. The number of piperidine rings is 1. The number of anilines is 3. The summed E-state index contributed by atoms with van der Waals surface area (Å²) in [6.07, 6.45) is 3.75. The van der Waals surface area contributed by atoms with Crippen LogP contribution in [0, 0.1) is 6.92 Å². The summed E-state index contributed by atoms with van der Waals surface area (Å²) < 4.78 is 0. The molecule has 2 aliphatic rings. The number of nitrogens with zero attached hydrogens (tertiary/aromatic N) is 3. The number of hydrogen-bond acceptors (Lipinski definition) is 3. The third kappa shape index (κ3) is 4.24. The van der Waals surface area contributed by atoms with Gasteiger partial charge < -0.3 is 20.0 Å². The monoisotopic (exact) mass is 378 g/mol. The Kier molecular flexibility index (Phi) is 5.70. The maximum absolute atomic E-state index is 12.9. The molecule has 2 heterocycles. The number of carbonyl (C=O) groups is 1. The van der Waals surface area contributed by atoms with Crippen LogP contribution < -0.4 is 15.1 Å². The number of nitrogens with one attached hydrogen (secondary N) is 1. The number of hydrogen-bond donors (Lipinski definition) is 1. The lowest BCUT2D eigenvalue weighted by molar-refractivity contribution is 0.208. The van der Waals surface area contributed by atoms with E-state index in [1.54, 1.807) is 0 Å². The molecule has 0 bridgehead atoms. The van der Waals surface area contributed by atoms with Crippen LogP contribution >= 0.6 is 0 Å². The number of urea groups is 1. The Morgan fingerprint density at radius 2 is 1.57 bits per heavy atom. The van der Waals surface area contributed by atoms with Gasteiger partial charge in [-0.25, -0.2) is 4.79 Å². The fourth-order valence-electron chi connectivity index (χ4n) is 4.18. The quantitative estimate of drug-likeness (QED) is 0.863. The summed E-state index contributed by atoms with van der Waals surface area (Å²) in [5.74, 6) is 0. The number of amides is 2. The highest BCUT2D eigenvalue weighted by atomic mass is 16.2. The van der Waals surface area contributed by atoms with Gasteiger partial charge in [0.1, 0.15) is 0 Å². The maximum Gasteiger partial charge on any atom is 0.322 e. The zero-order valence-corrected chi connectivity index (χ0v) is 16.7. The Balaban J connectivity index is 1.37. The highest BCUT2D eigenvalue weighted by Crippen LogP contribution is 2.28. The van der Waals surface area contributed by atoms with Gasteiger partial charge in [-0.15, -0.1) is 0 Å². The highest BCUT2D eigenvalue weighted by molar-refractivity contribution is 5.93. The Morgan fingerprint density at radius 3 is 2.32 bits per heavy atom. The summed E-state index contributed by atoms with van der Waals surface area (Å²) in [5, 5.41) is 3.17. The largest absolute Gasteiger partial charge is 0.370 e. The number of carbonyl (C=O) groups excluding carboxylic acids is 1. The van der Waals surface area contributed by atoms with E-state index in [1.807, 2.05) is 17.0 Å². The average Bonchev–Trinajstić information content (AvgIpc) is 2.75. The van der Waals surface area contributed by atoms with E-state index < -0.39 is 0 Å². The van der Waals surface area contributed by atoms with Gasteiger partial charge in [-0.1, -0.05) is 24.3 Å². The Bertz CT molecular complexity index is 808. The first-order valence-electron chi connectivity index (χ1n) is 10.4. The van der Waals surface area contributed by atoms with Crippen molar-refractivity contribution in [2.45, 2.75) is 26.2 Å². The first kappa shape index (κ1) is 18.7. The zero-order valence-electron chi connectivity index (χ0n) is 16.7. The van der Waals surface area contributed by atoms with Crippen molar-refractivity contribution < 1.29 is 4.79 Å². The van der Waals surface area contributed by atoms with Crippen molar-refractivity contribution in [2.24, 2.45) is 0 Å². The Morgan fingerprint density at radius 1 is 0.821 bits per heavy atom. The molecule has 0 saturated carbocycles. The van der Waals surface area contributed by atoms with E-state index in [2.05, 4.69) is 58.4 Å². The number of piperazine rings is 1. The van der Waals surface area contributed by atoms with Gasteiger partial charge in [-0.2, -0.15) is 0 Å². The molecule has 0 aromatic heterocycles. The Hall–Kier alpha value is -2.69. The topological polar surface area (TPSA) is 38.8 Å². The predicted molar refractivity (Wildman–Crippen MR) is 116 cm³/mol. The van der Waals surface area contributed by atoms with Gasteiger partial charge in [0.25, 0.3) is 0 Å². The molecule has 28 heavy (non-hydrogen) atoms. The van der Waals surface area contributed by atoms with E-state index in [-0.39, 0.29) is 6.03 Å². The number of rotatable bonds is 3. The van der Waals surface area contributed by atoms with E-state index in [9.17, 15) is 4.79 Å². The lowest BCUT2D eigenvalue weighted by Gasteiger charge is -2.36. The van der Waals surface area contributed by atoms with Crippen LogP contribution in [-0.2, 0) is 0 Å². The lowest BCUT2D eigenvalue weighted by Crippen LogP contribution is -2.50. The van der Waals surface area contributed by atoms with Crippen molar-refractivity contribution in [1.82, 2.24) is 4.90 Å². The highest BCUT2D eigenvalue weighted by Gasteiger charge is 2.23. The minimum atomic E-state index is 0.00773. The van der Waals surface area contributed by atoms with Gasteiger partial charge >= 0.3 is 6.03 Å². The van der Waals surface area contributed by atoms with E-state index in [0.29, 0.717) is 0 Å². The molecule has 2 aliphatic heterocycles. The van der Waals surface area contributed by atoms with Crippen LogP contribution in [0.15, 0.2) is 48.5 Å². The molecule has 5 heteroatoms. The van der Waals surface area contributed by atoms with Gasteiger partial charge in [-0.05, 0) is 56.0 Å². The molecule has 0 radical (unpaired) electrons. The minimum Gasteiger partial charge on any atom is -0.370 e. The van der Waals surface area contributed by atoms with E-state index >= 15 is 0 Å². The average molecular weight is 379 g/mol. The first-order chi connectivity index (χ1) is 13.7. The van der Waals surface area contributed by atoms with Crippen molar-refractivity contribution in [1.29, 1.82) is 0 Å². The zero-order chi connectivity index (χ0) is 19.3. The fourth-order valence-corrected chi connectivity index (χ4v) is 4.18. The van der Waals surface area contributed by atoms with Crippen molar-refractivity contribution in [2.75, 3.05) is 54.4 Å². The van der Waals surface area contributed by atoms with Crippen molar-refractivity contribution >= 4 is 23.1 Å². The summed E-state index contributed by atoms with van der Waals surface area (Å²) in [6, 6.07) is 16.8. The molecule has 4 rings (SSSR count). The fraction of sp³-hybridized carbons (Fsp3) is 0.435. The van der Waals surface area contributed by atoms with Crippen molar-refractivity contribution in [3.8, 4) is 0 Å². The van der Waals surface area contributed by atoms with Gasteiger partial charge in [-0.3, -0.25) is 0 Å². The minimum absolute atomic E-state index is 0.00773. The summed E-state index contributed by atoms with van der Waals surface area (Å²) in [7, 11) is 0. The summed E-state index contributed by atoms with van der Waals surface area (Å²) >= 11 is 0.